The van der Waals surface area contributed by atoms with E-state index in [2.05, 4.69) is 5.32 Å². The molecule has 8 heteroatoms. The molecule has 0 aliphatic carbocycles. The molecule has 0 fully saturated rings. The van der Waals surface area contributed by atoms with Crippen molar-refractivity contribution in [3.63, 3.8) is 0 Å². The molecule has 0 bridgehead atoms. The summed E-state index contributed by atoms with van der Waals surface area (Å²) in [6.45, 7) is 2.56. The van der Waals surface area contributed by atoms with Gasteiger partial charge in [0.1, 0.15) is 0 Å². The summed E-state index contributed by atoms with van der Waals surface area (Å²) in [6.07, 6.45) is 0.591. The van der Waals surface area contributed by atoms with Crippen molar-refractivity contribution in [3.8, 4) is 0 Å². The second kappa shape index (κ2) is 7.59. The summed E-state index contributed by atoms with van der Waals surface area (Å²) in [5, 5.41) is 2.40. The lowest BCUT2D eigenvalue weighted by atomic mass is 10.4. The fourth-order valence-corrected chi connectivity index (χ4v) is 2.58. The minimum absolute atomic E-state index is 0.164. The van der Waals surface area contributed by atoms with E-state index in [0.29, 0.717) is 19.5 Å². The van der Waals surface area contributed by atoms with Crippen LogP contribution >= 0.6 is 0 Å². The number of hydrogen-bond acceptors (Lipinski definition) is 4. The summed E-state index contributed by atoms with van der Waals surface area (Å²) in [6, 6.07) is 0. The SMILES string of the molecule is CCN(CC(=O)NC)S(=O)(=O)N(C)CCCN. The predicted molar refractivity (Wildman–Crippen MR) is 66.5 cm³/mol. The molecule has 1 amide bonds. The van der Waals surface area contributed by atoms with Gasteiger partial charge in [0.15, 0.2) is 0 Å². The molecular weight excluding hydrogens is 244 g/mol. The summed E-state index contributed by atoms with van der Waals surface area (Å²) < 4.78 is 26.4. The van der Waals surface area contributed by atoms with E-state index in [1.165, 1.54) is 18.4 Å². The summed E-state index contributed by atoms with van der Waals surface area (Å²) in [5.41, 5.74) is 5.33. The van der Waals surface area contributed by atoms with Crippen molar-refractivity contribution in [1.29, 1.82) is 0 Å². The first kappa shape index (κ1) is 16.3. The normalized spacial score (nSPS) is 12.1. The molecule has 0 radical (unpaired) electrons. The Kier molecular flexibility index (Phi) is 7.28. The molecule has 3 N–H and O–H groups in total. The topological polar surface area (TPSA) is 95.7 Å². The highest BCUT2D eigenvalue weighted by molar-refractivity contribution is 7.86. The highest BCUT2D eigenvalue weighted by Gasteiger charge is 2.26. The molecule has 0 spiro atoms. The lowest BCUT2D eigenvalue weighted by Crippen LogP contribution is -2.46. The molecule has 0 unspecified atom stereocenters. The number of nitrogens with zero attached hydrogens (tertiary/aromatic N) is 2. The summed E-state index contributed by atoms with van der Waals surface area (Å²) in [7, 11) is -0.621. The van der Waals surface area contributed by atoms with Gasteiger partial charge in [-0.1, -0.05) is 6.92 Å². The van der Waals surface area contributed by atoms with Gasteiger partial charge in [0.25, 0.3) is 10.2 Å². The molecule has 0 aromatic carbocycles. The van der Waals surface area contributed by atoms with E-state index >= 15 is 0 Å². The van der Waals surface area contributed by atoms with E-state index in [1.807, 2.05) is 0 Å². The molecule has 0 atom stereocenters. The minimum atomic E-state index is -3.58. The molecule has 0 aromatic heterocycles. The Bertz CT molecular complexity index is 331. The van der Waals surface area contributed by atoms with Gasteiger partial charge in [-0.3, -0.25) is 4.79 Å². The largest absolute Gasteiger partial charge is 0.358 e. The Labute approximate surface area is 103 Å². The molecule has 0 aliphatic rings. The van der Waals surface area contributed by atoms with Crippen LogP contribution in [0.1, 0.15) is 13.3 Å². The molecule has 102 valence electrons. The highest BCUT2D eigenvalue weighted by Crippen LogP contribution is 2.06. The van der Waals surface area contributed by atoms with E-state index in [-0.39, 0.29) is 19.0 Å². The zero-order valence-electron chi connectivity index (χ0n) is 10.6. The second-order valence-electron chi connectivity index (χ2n) is 3.57. The van der Waals surface area contributed by atoms with Crippen molar-refractivity contribution in [2.75, 3.05) is 40.3 Å². The molecule has 17 heavy (non-hydrogen) atoms. The Morgan fingerprint density at radius 3 is 2.41 bits per heavy atom. The number of likely N-dealkylation sites (N-methyl/N-ethyl adjacent to an activating group) is 2. The number of amides is 1. The molecule has 0 saturated carbocycles. The van der Waals surface area contributed by atoms with Crippen LogP contribution in [0.2, 0.25) is 0 Å². The van der Waals surface area contributed by atoms with Crippen LogP contribution in [0.3, 0.4) is 0 Å². The monoisotopic (exact) mass is 266 g/mol. The number of nitrogens with one attached hydrogen (secondary N) is 1. The molecule has 0 rings (SSSR count). The third kappa shape index (κ3) is 4.99. The number of carbonyl (C=O) groups is 1. The van der Waals surface area contributed by atoms with Crippen LogP contribution < -0.4 is 11.1 Å². The third-order valence-electron chi connectivity index (χ3n) is 2.35. The minimum Gasteiger partial charge on any atom is -0.358 e. The average Bonchev–Trinajstić information content (AvgIpc) is 2.31. The molecule has 0 heterocycles. The maximum Gasteiger partial charge on any atom is 0.282 e. The van der Waals surface area contributed by atoms with Crippen molar-refractivity contribution in [3.05, 3.63) is 0 Å². The van der Waals surface area contributed by atoms with Gasteiger partial charge in [-0.15, -0.1) is 0 Å². The fraction of sp³-hybridized carbons (Fsp3) is 0.889. The van der Waals surface area contributed by atoms with Gasteiger partial charge in [0.2, 0.25) is 5.91 Å². The molecule has 0 aliphatic heterocycles. The van der Waals surface area contributed by atoms with Crippen molar-refractivity contribution in [2.24, 2.45) is 5.73 Å². The van der Waals surface area contributed by atoms with E-state index in [9.17, 15) is 13.2 Å². The third-order valence-corrected chi connectivity index (χ3v) is 4.36. The molecule has 0 aromatic rings. The molecular formula is C9H22N4O3S. The summed E-state index contributed by atoms with van der Waals surface area (Å²) in [5.74, 6) is -0.331. The predicted octanol–water partition coefficient (Wildman–Crippen LogP) is -1.42. The van der Waals surface area contributed by atoms with Crippen LogP contribution in [0.5, 0.6) is 0 Å². The smallest absolute Gasteiger partial charge is 0.282 e. The van der Waals surface area contributed by atoms with Crippen LogP contribution in [0.25, 0.3) is 0 Å². The highest BCUT2D eigenvalue weighted by atomic mass is 32.2. The van der Waals surface area contributed by atoms with E-state index < -0.39 is 10.2 Å². The number of carbonyl (C=O) groups excluding carboxylic acids is 1. The van der Waals surface area contributed by atoms with E-state index in [1.54, 1.807) is 6.92 Å². The van der Waals surface area contributed by atoms with Crippen molar-refractivity contribution < 1.29 is 13.2 Å². The van der Waals surface area contributed by atoms with Crippen LogP contribution in [-0.2, 0) is 15.0 Å². The standard InChI is InChI=1S/C9H22N4O3S/c1-4-13(8-9(14)11-2)17(15,16)12(3)7-5-6-10/h4-8,10H2,1-3H3,(H,11,14). The van der Waals surface area contributed by atoms with Crippen LogP contribution in [0, 0.1) is 0 Å². The van der Waals surface area contributed by atoms with E-state index in [0.717, 1.165) is 4.31 Å². The zero-order valence-corrected chi connectivity index (χ0v) is 11.5. The second-order valence-corrected chi connectivity index (χ2v) is 5.61. The van der Waals surface area contributed by atoms with Crippen LogP contribution in [0.15, 0.2) is 0 Å². The van der Waals surface area contributed by atoms with Gasteiger partial charge in [-0.25, -0.2) is 0 Å². The van der Waals surface area contributed by atoms with Gasteiger partial charge in [-0.05, 0) is 13.0 Å². The van der Waals surface area contributed by atoms with Gasteiger partial charge < -0.3 is 11.1 Å². The molecule has 7 nitrogen and oxygen atoms in total. The maximum absolute atomic E-state index is 12.1. The fourth-order valence-electron chi connectivity index (χ4n) is 1.22. The first-order valence-corrected chi connectivity index (χ1v) is 6.91. The van der Waals surface area contributed by atoms with Gasteiger partial charge in [0.05, 0.1) is 6.54 Å². The van der Waals surface area contributed by atoms with Gasteiger partial charge in [0, 0.05) is 27.2 Å². The van der Waals surface area contributed by atoms with Crippen LogP contribution in [-0.4, -0.2) is 63.2 Å². The Balaban J connectivity index is 4.68. The molecule has 0 saturated heterocycles. The van der Waals surface area contributed by atoms with Crippen molar-refractivity contribution in [2.45, 2.75) is 13.3 Å². The maximum atomic E-state index is 12.1. The first-order valence-electron chi connectivity index (χ1n) is 5.52. The zero-order chi connectivity index (χ0) is 13.5. The Morgan fingerprint density at radius 1 is 1.41 bits per heavy atom. The number of nitrogens with two attached hydrogens (primary N) is 1. The van der Waals surface area contributed by atoms with Gasteiger partial charge >= 0.3 is 0 Å². The van der Waals surface area contributed by atoms with Crippen molar-refractivity contribution >= 4 is 16.1 Å². The number of rotatable bonds is 8. The van der Waals surface area contributed by atoms with E-state index in [4.69, 9.17) is 5.73 Å². The van der Waals surface area contributed by atoms with Crippen LogP contribution in [0.4, 0.5) is 0 Å². The summed E-state index contributed by atoms with van der Waals surface area (Å²) in [4.78, 5) is 11.2. The Morgan fingerprint density at radius 2 is 2.00 bits per heavy atom. The first-order chi connectivity index (χ1) is 7.89. The quantitative estimate of drug-likeness (QED) is 0.563. The summed E-state index contributed by atoms with van der Waals surface area (Å²) >= 11 is 0. The lowest BCUT2D eigenvalue weighted by molar-refractivity contribution is -0.120. The number of hydrogen-bond donors (Lipinski definition) is 2. The average molecular weight is 266 g/mol. The Hall–Kier alpha value is -0.700. The van der Waals surface area contributed by atoms with Crippen molar-refractivity contribution in [1.82, 2.24) is 13.9 Å². The lowest BCUT2D eigenvalue weighted by Gasteiger charge is -2.25. The van der Waals surface area contributed by atoms with Gasteiger partial charge in [-0.2, -0.15) is 17.0 Å².